The summed E-state index contributed by atoms with van der Waals surface area (Å²) in [5.74, 6) is 0.553. The number of para-hydroxylation sites is 2. The van der Waals surface area contributed by atoms with Gasteiger partial charge in [-0.15, -0.1) is 11.3 Å². The molecule has 0 bridgehead atoms. The lowest BCUT2D eigenvalue weighted by Gasteiger charge is -2.26. The van der Waals surface area contributed by atoms with Crippen LogP contribution in [0, 0.1) is 6.92 Å². The van der Waals surface area contributed by atoms with Crippen LogP contribution in [0.3, 0.4) is 0 Å². The minimum Gasteiger partial charge on any atom is -0.309 e. The highest BCUT2D eigenvalue weighted by atomic mass is 32.1. The van der Waals surface area contributed by atoms with Gasteiger partial charge in [0.15, 0.2) is 0 Å². The fourth-order valence-corrected chi connectivity index (χ4v) is 4.30. The van der Waals surface area contributed by atoms with Gasteiger partial charge in [-0.25, -0.2) is 4.98 Å². The van der Waals surface area contributed by atoms with E-state index < -0.39 is 0 Å². The molecule has 0 atom stereocenters. The van der Waals surface area contributed by atoms with Gasteiger partial charge in [0.25, 0.3) is 5.91 Å². The summed E-state index contributed by atoms with van der Waals surface area (Å²) in [5, 5.41) is 3.02. The predicted molar refractivity (Wildman–Crippen MR) is 107 cm³/mol. The van der Waals surface area contributed by atoms with Gasteiger partial charge in [0, 0.05) is 18.0 Å². The Hall–Kier alpha value is -2.18. The number of likely N-dealkylation sites (tertiary alicyclic amines) is 1. The van der Waals surface area contributed by atoms with Gasteiger partial charge in [0.2, 0.25) is 5.95 Å². The van der Waals surface area contributed by atoms with Crippen molar-refractivity contribution in [3.05, 3.63) is 46.2 Å². The first-order chi connectivity index (χ1) is 12.7. The Morgan fingerprint density at radius 1 is 1.12 bits per heavy atom. The van der Waals surface area contributed by atoms with Crippen molar-refractivity contribution in [2.24, 2.45) is 0 Å². The molecule has 1 fully saturated rings. The molecule has 1 aliphatic heterocycles. The molecule has 1 amide bonds. The van der Waals surface area contributed by atoms with Gasteiger partial charge in [-0.2, -0.15) is 0 Å². The van der Waals surface area contributed by atoms with Crippen LogP contribution in [0.25, 0.3) is 11.0 Å². The number of nitrogens with zero attached hydrogens (tertiary/aromatic N) is 3. The van der Waals surface area contributed by atoms with Crippen LogP contribution in [-0.2, 0) is 6.54 Å². The van der Waals surface area contributed by atoms with Crippen molar-refractivity contribution in [3.63, 3.8) is 0 Å². The monoisotopic (exact) mass is 368 g/mol. The molecular formula is C20H24N4OS. The highest BCUT2D eigenvalue weighted by molar-refractivity contribution is 7.14. The average Bonchev–Trinajstić information content (AvgIpc) is 3.24. The van der Waals surface area contributed by atoms with E-state index in [1.807, 2.05) is 37.3 Å². The molecule has 1 N–H and O–H groups in total. The molecule has 1 saturated heterocycles. The molecular weight excluding hydrogens is 344 g/mol. The quantitative estimate of drug-likeness (QED) is 0.736. The lowest BCUT2D eigenvalue weighted by atomic mass is 10.1. The molecule has 6 heteroatoms. The molecule has 0 unspecified atom stereocenters. The number of aromatic nitrogens is 2. The lowest BCUT2D eigenvalue weighted by Crippen LogP contribution is -2.32. The van der Waals surface area contributed by atoms with Crippen LogP contribution in [0.5, 0.6) is 0 Å². The van der Waals surface area contributed by atoms with Gasteiger partial charge in [0.05, 0.1) is 15.9 Å². The number of hydrogen-bond donors (Lipinski definition) is 1. The summed E-state index contributed by atoms with van der Waals surface area (Å²) in [5.41, 5.74) is 1.99. The zero-order valence-electron chi connectivity index (χ0n) is 15.1. The van der Waals surface area contributed by atoms with Gasteiger partial charge < -0.3 is 9.47 Å². The van der Waals surface area contributed by atoms with Crippen molar-refractivity contribution in [1.29, 1.82) is 0 Å². The number of hydrogen-bond acceptors (Lipinski definition) is 4. The Morgan fingerprint density at radius 2 is 1.92 bits per heavy atom. The summed E-state index contributed by atoms with van der Waals surface area (Å²) in [6.07, 6.45) is 3.91. The number of amides is 1. The van der Waals surface area contributed by atoms with Crippen LogP contribution in [-0.4, -0.2) is 40.0 Å². The van der Waals surface area contributed by atoms with Crippen LogP contribution in [0.15, 0.2) is 36.4 Å². The van der Waals surface area contributed by atoms with Gasteiger partial charge in [0.1, 0.15) is 0 Å². The summed E-state index contributed by atoms with van der Waals surface area (Å²) in [6.45, 7) is 6.17. The normalized spacial score (nSPS) is 15.4. The highest BCUT2D eigenvalue weighted by Crippen LogP contribution is 2.22. The summed E-state index contributed by atoms with van der Waals surface area (Å²) in [4.78, 5) is 21.6. The lowest BCUT2D eigenvalue weighted by molar-refractivity contribution is 0.102. The largest absolute Gasteiger partial charge is 0.309 e. The molecule has 136 valence electrons. The smallest absolute Gasteiger partial charge is 0.268 e. The molecule has 1 aromatic carbocycles. The third kappa shape index (κ3) is 3.66. The number of fused-ring (bicyclic) bond motifs is 1. The zero-order chi connectivity index (χ0) is 17.9. The van der Waals surface area contributed by atoms with Gasteiger partial charge in [-0.3, -0.25) is 10.1 Å². The highest BCUT2D eigenvalue weighted by Gasteiger charge is 2.17. The van der Waals surface area contributed by atoms with Crippen LogP contribution in [0.4, 0.5) is 5.95 Å². The second kappa shape index (κ2) is 7.60. The number of carbonyl (C=O) groups is 1. The number of carbonyl (C=O) groups excluding carboxylic acids is 1. The van der Waals surface area contributed by atoms with E-state index in [2.05, 4.69) is 25.8 Å². The topological polar surface area (TPSA) is 50.2 Å². The first kappa shape index (κ1) is 17.2. The molecule has 2 aromatic heterocycles. The van der Waals surface area contributed by atoms with E-state index in [-0.39, 0.29) is 5.91 Å². The third-order valence-electron chi connectivity index (χ3n) is 4.93. The number of anilines is 1. The van der Waals surface area contributed by atoms with E-state index in [1.54, 1.807) is 0 Å². The average molecular weight is 369 g/mol. The molecule has 26 heavy (non-hydrogen) atoms. The van der Waals surface area contributed by atoms with Crippen LogP contribution < -0.4 is 5.32 Å². The number of thiophene rings is 1. The Labute approximate surface area is 157 Å². The summed E-state index contributed by atoms with van der Waals surface area (Å²) < 4.78 is 2.14. The van der Waals surface area contributed by atoms with Crippen LogP contribution in [0.2, 0.25) is 0 Å². The molecule has 0 radical (unpaired) electrons. The first-order valence-electron chi connectivity index (χ1n) is 9.26. The second-order valence-electron chi connectivity index (χ2n) is 6.84. The third-order valence-corrected chi connectivity index (χ3v) is 5.93. The molecule has 1 aliphatic rings. The molecule has 4 rings (SSSR count). The van der Waals surface area contributed by atoms with Crippen molar-refractivity contribution < 1.29 is 4.79 Å². The fourth-order valence-electron chi connectivity index (χ4n) is 3.54. The Balaban J connectivity index is 1.57. The van der Waals surface area contributed by atoms with Gasteiger partial charge in [-0.1, -0.05) is 18.6 Å². The number of aryl methyl sites for hydroxylation is 1. The van der Waals surface area contributed by atoms with E-state index in [1.165, 1.54) is 43.7 Å². The SMILES string of the molecule is Cc1ccc(C(=O)Nc2nc3ccccc3n2CCN2CCCCC2)s1. The van der Waals surface area contributed by atoms with E-state index in [9.17, 15) is 4.79 Å². The number of benzene rings is 1. The minimum absolute atomic E-state index is 0.0855. The van der Waals surface area contributed by atoms with Crippen LogP contribution >= 0.6 is 11.3 Å². The molecule has 5 nitrogen and oxygen atoms in total. The van der Waals surface area contributed by atoms with Crippen LogP contribution in [0.1, 0.15) is 33.8 Å². The Morgan fingerprint density at radius 3 is 2.69 bits per heavy atom. The van der Waals surface area contributed by atoms with E-state index in [4.69, 9.17) is 0 Å². The first-order valence-corrected chi connectivity index (χ1v) is 10.1. The fraction of sp³-hybridized carbons (Fsp3) is 0.400. The maximum atomic E-state index is 12.6. The Bertz CT molecular complexity index is 908. The second-order valence-corrected chi connectivity index (χ2v) is 8.13. The van der Waals surface area contributed by atoms with E-state index >= 15 is 0 Å². The Kier molecular flexibility index (Phi) is 5.04. The van der Waals surface area contributed by atoms with E-state index in [0.29, 0.717) is 5.95 Å². The number of rotatable bonds is 5. The molecule has 0 spiro atoms. The van der Waals surface area contributed by atoms with E-state index in [0.717, 1.165) is 33.9 Å². The van der Waals surface area contributed by atoms with Gasteiger partial charge >= 0.3 is 0 Å². The standard InChI is InChI=1S/C20H24N4OS/c1-15-9-10-18(26-15)19(25)22-20-21-16-7-3-4-8-17(16)24(20)14-13-23-11-5-2-6-12-23/h3-4,7-10H,2,5-6,11-14H2,1H3,(H,21,22,25). The number of nitrogens with one attached hydrogen (secondary N) is 1. The molecule has 0 aliphatic carbocycles. The number of imidazole rings is 1. The zero-order valence-corrected chi connectivity index (χ0v) is 15.9. The molecule has 0 saturated carbocycles. The summed E-state index contributed by atoms with van der Waals surface area (Å²) in [6, 6.07) is 11.9. The maximum absolute atomic E-state index is 12.6. The predicted octanol–water partition coefficient (Wildman–Crippen LogP) is 4.14. The summed E-state index contributed by atoms with van der Waals surface area (Å²) in [7, 11) is 0. The molecule has 3 heterocycles. The molecule has 3 aromatic rings. The summed E-state index contributed by atoms with van der Waals surface area (Å²) >= 11 is 1.51. The van der Waals surface area contributed by atoms with Crippen molar-refractivity contribution in [1.82, 2.24) is 14.5 Å². The van der Waals surface area contributed by atoms with Crippen molar-refractivity contribution in [2.45, 2.75) is 32.7 Å². The van der Waals surface area contributed by atoms with Gasteiger partial charge in [-0.05, 0) is 57.1 Å². The van der Waals surface area contributed by atoms with Crippen molar-refractivity contribution in [3.8, 4) is 0 Å². The maximum Gasteiger partial charge on any atom is 0.268 e. The minimum atomic E-state index is -0.0855. The van der Waals surface area contributed by atoms with Crippen molar-refractivity contribution >= 4 is 34.2 Å². The number of piperidine rings is 1. The van der Waals surface area contributed by atoms with Crippen molar-refractivity contribution in [2.75, 3.05) is 25.0 Å².